The van der Waals surface area contributed by atoms with E-state index in [0.717, 1.165) is 25.0 Å². The Morgan fingerprint density at radius 3 is 2.68 bits per heavy atom. The van der Waals surface area contributed by atoms with E-state index in [4.69, 9.17) is 5.11 Å². The maximum Gasteiger partial charge on any atom is 0.335 e. The number of urea groups is 1. The lowest BCUT2D eigenvalue weighted by molar-refractivity contribution is -0.116. The van der Waals surface area contributed by atoms with Gasteiger partial charge in [-0.1, -0.05) is 6.42 Å². The van der Waals surface area contributed by atoms with E-state index in [2.05, 4.69) is 16.0 Å². The predicted molar refractivity (Wildman–Crippen MR) is 96.0 cm³/mol. The fourth-order valence-electron chi connectivity index (χ4n) is 3.19. The number of thioether (sulfide) groups is 1. The second kappa shape index (κ2) is 7.77. The summed E-state index contributed by atoms with van der Waals surface area (Å²) in [5, 5.41) is 17.9. The fraction of sp³-hybridized carbons (Fsp3) is 0.471. The fourth-order valence-corrected chi connectivity index (χ4v) is 4.74. The summed E-state index contributed by atoms with van der Waals surface area (Å²) < 4.78 is 0. The lowest BCUT2D eigenvalue weighted by Gasteiger charge is -2.16. The van der Waals surface area contributed by atoms with Crippen LogP contribution in [0.1, 0.15) is 36.0 Å². The third kappa shape index (κ3) is 4.45. The van der Waals surface area contributed by atoms with Crippen LogP contribution in [0.2, 0.25) is 0 Å². The van der Waals surface area contributed by atoms with Crippen molar-refractivity contribution in [2.75, 3.05) is 11.1 Å². The zero-order valence-corrected chi connectivity index (χ0v) is 14.5. The van der Waals surface area contributed by atoms with Crippen LogP contribution in [0.25, 0.3) is 0 Å². The Kier molecular flexibility index (Phi) is 5.47. The zero-order valence-electron chi connectivity index (χ0n) is 13.7. The van der Waals surface area contributed by atoms with Crippen LogP contribution in [-0.4, -0.2) is 46.1 Å². The number of anilines is 1. The minimum atomic E-state index is -0.987. The van der Waals surface area contributed by atoms with Crippen molar-refractivity contribution in [3.8, 4) is 0 Å². The van der Waals surface area contributed by atoms with E-state index >= 15 is 0 Å². The van der Waals surface area contributed by atoms with Crippen molar-refractivity contribution in [1.29, 1.82) is 0 Å². The maximum absolute atomic E-state index is 12.0. The van der Waals surface area contributed by atoms with Crippen LogP contribution in [0.5, 0.6) is 0 Å². The van der Waals surface area contributed by atoms with Crippen molar-refractivity contribution in [3.05, 3.63) is 29.8 Å². The molecule has 1 unspecified atom stereocenters. The number of carbonyl (C=O) groups is 3. The molecule has 8 heteroatoms. The Morgan fingerprint density at radius 1 is 1.20 bits per heavy atom. The van der Waals surface area contributed by atoms with Gasteiger partial charge in [0.05, 0.1) is 17.6 Å². The minimum absolute atomic E-state index is 0.0733. The molecule has 2 fully saturated rings. The van der Waals surface area contributed by atoms with Crippen molar-refractivity contribution in [3.63, 3.8) is 0 Å². The molecule has 0 spiro atoms. The van der Waals surface area contributed by atoms with E-state index in [-0.39, 0.29) is 29.6 Å². The zero-order chi connectivity index (χ0) is 17.8. The molecule has 1 aromatic rings. The minimum Gasteiger partial charge on any atom is -0.478 e. The molecule has 0 saturated carbocycles. The van der Waals surface area contributed by atoms with Crippen molar-refractivity contribution < 1.29 is 19.5 Å². The molecule has 2 aliphatic heterocycles. The molecule has 3 rings (SSSR count). The average molecular weight is 363 g/mol. The summed E-state index contributed by atoms with van der Waals surface area (Å²) in [7, 11) is 0. The van der Waals surface area contributed by atoms with Gasteiger partial charge in [-0.2, -0.15) is 11.8 Å². The van der Waals surface area contributed by atoms with Crippen molar-refractivity contribution in [2.24, 2.45) is 0 Å². The Balaban J connectivity index is 1.35. The van der Waals surface area contributed by atoms with E-state index in [1.807, 2.05) is 11.8 Å². The maximum atomic E-state index is 12.0. The van der Waals surface area contributed by atoms with E-state index in [9.17, 15) is 14.4 Å². The summed E-state index contributed by atoms with van der Waals surface area (Å²) in [6, 6.07) is 6.48. The van der Waals surface area contributed by atoms with Gasteiger partial charge in [-0.15, -0.1) is 0 Å². The van der Waals surface area contributed by atoms with Gasteiger partial charge in [-0.25, -0.2) is 9.59 Å². The van der Waals surface area contributed by atoms with Gasteiger partial charge in [0, 0.05) is 23.1 Å². The average Bonchev–Trinajstić information content (AvgIpc) is 3.11. The first-order valence-corrected chi connectivity index (χ1v) is 9.39. The highest BCUT2D eigenvalue weighted by Crippen LogP contribution is 2.33. The first-order chi connectivity index (χ1) is 12.0. The van der Waals surface area contributed by atoms with Crippen LogP contribution >= 0.6 is 11.8 Å². The van der Waals surface area contributed by atoms with E-state index in [1.165, 1.54) is 12.1 Å². The highest BCUT2D eigenvalue weighted by atomic mass is 32.2. The number of rotatable bonds is 7. The molecule has 0 bridgehead atoms. The molecule has 2 heterocycles. The van der Waals surface area contributed by atoms with Crippen LogP contribution in [0, 0.1) is 0 Å². The molecule has 0 aliphatic carbocycles. The summed E-state index contributed by atoms with van der Waals surface area (Å²) in [6.45, 7) is 0. The molecular weight excluding hydrogens is 342 g/mol. The van der Waals surface area contributed by atoms with Gasteiger partial charge in [0.1, 0.15) is 0 Å². The number of amides is 3. The second-order valence-corrected chi connectivity index (χ2v) is 7.57. The number of unbranched alkanes of at least 4 members (excludes halogenated alkanes) is 1. The smallest absolute Gasteiger partial charge is 0.335 e. The third-order valence-electron chi connectivity index (χ3n) is 4.50. The Morgan fingerprint density at radius 2 is 1.96 bits per heavy atom. The van der Waals surface area contributed by atoms with Gasteiger partial charge in [0.25, 0.3) is 0 Å². The lowest BCUT2D eigenvalue weighted by Crippen LogP contribution is -2.36. The lowest BCUT2D eigenvalue weighted by atomic mass is 10.0. The Labute approximate surface area is 149 Å². The predicted octanol–water partition coefficient (Wildman–Crippen LogP) is 2.05. The third-order valence-corrected chi connectivity index (χ3v) is 6.00. The summed E-state index contributed by atoms with van der Waals surface area (Å²) in [4.78, 5) is 34.1. The van der Waals surface area contributed by atoms with E-state index in [1.54, 1.807) is 12.1 Å². The molecule has 0 radical (unpaired) electrons. The Hall–Kier alpha value is -2.22. The number of nitrogens with one attached hydrogen (secondary N) is 3. The number of carboxylic acids is 1. The summed E-state index contributed by atoms with van der Waals surface area (Å²) in [6.07, 6.45) is 3.13. The number of carboxylic acid groups (broad SMARTS) is 1. The molecule has 0 aromatic heterocycles. The van der Waals surface area contributed by atoms with Crippen LogP contribution in [0.3, 0.4) is 0 Å². The largest absolute Gasteiger partial charge is 0.478 e. The molecule has 134 valence electrons. The molecular formula is C17H21N3O4S. The second-order valence-electron chi connectivity index (χ2n) is 6.30. The SMILES string of the molecule is O=C(CCCCC1SC[C@@H]2NC(=O)N[C@H]12)Nc1ccc(C(=O)O)cc1. The van der Waals surface area contributed by atoms with Crippen molar-refractivity contribution in [1.82, 2.24) is 10.6 Å². The summed E-state index contributed by atoms with van der Waals surface area (Å²) in [5.74, 6) is -0.115. The molecule has 2 saturated heterocycles. The molecule has 25 heavy (non-hydrogen) atoms. The Bertz CT molecular complexity index is 664. The molecule has 3 atom stereocenters. The first-order valence-electron chi connectivity index (χ1n) is 8.35. The van der Waals surface area contributed by atoms with Gasteiger partial charge < -0.3 is 21.1 Å². The van der Waals surface area contributed by atoms with Crippen LogP contribution < -0.4 is 16.0 Å². The molecule has 4 N–H and O–H groups in total. The van der Waals surface area contributed by atoms with Gasteiger partial charge >= 0.3 is 12.0 Å². The summed E-state index contributed by atoms with van der Waals surface area (Å²) in [5.41, 5.74) is 0.794. The number of aromatic carboxylic acids is 1. The van der Waals surface area contributed by atoms with Crippen LogP contribution in [0.4, 0.5) is 10.5 Å². The normalized spacial score (nSPS) is 24.3. The van der Waals surface area contributed by atoms with Crippen molar-refractivity contribution >= 4 is 35.4 Å². The topological polar surface area (TPSA) is 108 Å². The standard InChI is InChI=1S/C17H21N3O4S/c21-14(18-11-7-5-10(6-8-11)16(22)23)4-2-1-3-13-15-12(9-25-13)19-17(24)20-15/h5-8,12-13,15H,1-4,9H2,(H,18,21)(H,22,23)(H2,19,20,24)/t12-,13?,15-/m0/s1. The van der Waals surface area contributed by atoms with Gasteiger partial charge in [0.15, 0.2) is 0 Å². The quantitative estimate of drug-likeness (QED) is 0.438. The molecule has 1 aromatic carbocycles. The number of carbonyl (C=O) groups excluding carboxylic acids is 2. The number of hydrogen-bond acceptors (Lipinski definition) is 4. The van der Waals surface area contributed by atoms with Gasteiger partial charge in [-0.3, -0.25) is 4.79 Å². The molecule has 2 aliphatic rings. The van der Waals surface area contributed by atoms with Crippen LogP contribution in [-0.2, 0) is 4.79 Å². The highest BCUT2D eigenvalue weighted by Gasteiger charge is 2.42. The molecule has 7 nitrogen and oxygen atoms in total. The van der Waals surface area contributed by atoms with Crippen LogP contribution in [0.15, 0.2) is 24.3 Å². The summed E-state index contributed by atoms with van der Waals surface area (Å²) >= 11 is 1.88. The van der Waals surface area contributed by atoms with E-state index < -0.39 is 5.97 Å². The highest BCUT2D eigenvalue weighted by molar-refractivity contribution is 8.00. The van der Waals surface area contributed by atoms with Gasteiger partial charge in [-0.05, 0) is 37.1 Å². The van der Waals surface area contributed by atoms with Crippen molar-refractivity contribution in [2.45, 2.75) is 43.0 Å². The monoisotopic (exact) mass is 363 g/mol. The number of fused-ring (bicyclic) bond motifs is 1. The molecule has 3 amide bonds. The first kappa shape index (κ1) is 17.6. The number of hydrogen-bond donors (Lipinski definition) is 4. The van der Waals surface area contributed by atoms with Gasteiger partial charge in [0.2, 0.25) is 5.91 Å². The number of benzene rings is 1. The van der Waals surface area contributed by atoms with E-state index in [0.29, 0.717) is 17.4 Å².